The highest BCUT2D eigenvalue weighted by atomic mass is 16.4. The molecule has 0 aliphatic rings. The van der Waals surface area contributed by atoms with E-state index in [-0.39, 0.29) is 5.78 Å². The van der Waals surface area contributed by atoms with E-state index in [0.29, 0.717) is 0 Å². The van der Waals surface area contributed by atoms with Crippen molar-refractivity contribution in [3.05, 3.63) is 24.7 Å². The highest BCUT2D eigenvalue weighted by Gasteiger charge is 1.65. The van der Waals surface area contributed by atoms with Gasteiger partial charge >= 0.3 is 0 Å². The Morgan fingerprint density at radius 1 is 1.08 bits per heavy atom. The third kappa shape index (κ3) is 63.2. The van der Waals surface area contributed by atoms with E-state index in [0.717, 1.165) is 6.92 Å². The van der Waals surface area contributed by atoms with Crippen molar-refractivity contribution < 1.29 is 19.1 Å². The van der Waals surface area contributed by atoms with Crippen LogP contribution < -0.4 is 0 Å². The first-order valence-electron chi connectivity index (χ1n) is 3.60. The molecule has 0 fully saturated rings. The second kappa shape index (κ2) is 10.4. The zero-order valence-electron chi connectivity index (χ0n) is 7.98. The van der Waals surface area contributed by atoms with E-state index < -0.39 is 5.97 Å². The minimum atomic E-state index is -0.833. The summed E-state index contributed by atoms with van der Waals surface area (Å²) in [5.74, 6) is -0.667. The van der Waals surface area contributed by atoms with Gasteiger partial charge in [0.05, 0.1) is 12.5 Å². The molecule has 0 radical (unpaired) electrons. The molecule has 0 saturated carbocycles. The third-order valence-electron chi connectivity index (χ3n) is 0.425. The van der Waals surface area contributed by atoms with E-state index in [9.17, 15) is 4.79 Å². The number of carbonyl (C=O) groups excluding carboxylic acids is 1. The van der Waals surface area contributed by atoms with Gasteiger partial charge < -0.3 is 14.3 Å². The number of hydrogen-bond acceptors (Lipinski definition) is 3. The second-order valence-corrected chi connectivity index (χ2v) is 2.22. The third-order valence-corrected chi connectivity index (χ3v) is 0.425. The molecule has 0 saturated heterocycles. The molecule has 1 rings (SSSR count). The number of furan rings is 1. The Labute approximate surface area is 77.2 Å². The lowest BCUT2D eigenvalue weighted by molar-refractivity contribution is -0.134. The van der Waals surface area contributed by atoms with Crippen molar-refractivity contribution in [2.24, 2.45) is 0 Å². The van der Waals surface area contributed by atoms with Crippen LogP contribution in [0, 0.1) is 0 Å². The smallest absolute Gasteiger partial charge is 0.300 e. The van der Waals surface area contributed by atoms with Crippen LogP contribution in [0.1, 0.15) is 20.8 Å². The van der Waals surface area contributed by atoms with Crippen LogP contribution in [0.3, 0.4) is 0 Å². The van der Waals surface area contributed by atoms with Gasteiger partial charge in [-0.2, -0.15) is 0 Å². The van der Waals surface area contributed by atoms with Crippen LogP contribution in [-0.2, 0) is 9.59 Å². The summed E-state index contributed by atoms with van der Waals surface area (Å²) in [6.07, 6.45) is 3.25. The average Bonchev–Trinajstić information content (AvgIpc) is 2.35. The molecule has 74 valence electrons. The number of carboxylic acids is 1. The summed E-state index contributed by atoms with van der Waals surface area (Å²) in [6, 6.07) is 3.67. The molecule has 4 nitrogen and oxygen atoms in total. The zero-order chi connectivity index (χ0) is 10.7. The van der Waals surface area contributed by atoms with E-state index in [1.54, 1.807) is 12.5 Å². The van der Waals surface area contributed by atoms with Crippen molar-refractivity contribution in [2.75, 3.05) is 0 Å². The van der Waals surface area contributed by atoms with Gasteiger partial charge in [0.25, 0.3) is 5.97 Å². The molecular weight excluding hydrogens is 172 g/mol. The standard InChI is InChI=1S/C4H4O.C3H6O.C2H4O2/c1-2-4-5-3-1;1-3(2)4;1-2(3)4/h1-4H;1-2H3;1H3,(H,3,4). The average molecular weight is 186 g/mol. The molecule has 0 aliphatic heterocycles. The lowest BCUT2D eigenvalue weighted by Gasteiger charge is -1.59. The fourth-order valence-electron chi connectivity index (χ4n) is 0.227. The van der Waals surface area contributed by atoms with E-state index in [1.807, 2.05) is 12.1 Å². The zero-order valence-corrected chi connectivity index (χ0v) is 7.98. The van der Waals surface area contributed by atoms with Gasteiger partial charge in [0.1, 0.15) is 5.78 Å². The number of hydrogen-bond donors (Lipinski definition) is 1. The van der Waals surface area contributed by atoms with Crippen molar-refractivity contribution in [1.82, 2.24) is 0 Å². The maximum Gasteiger partial charge on any atom is 0.300 e. The van der Waals surface area contributed by atoms with Gasteiger partial charge in [-0.15, -0.1) is 0 Å². The summed E-state index contributed by atoms with van der Waals surface area (Å²) >= 11 is 0. The summed E-state index contributed by atoms with van der Waals surface area (Å²) in [5, 5.41) is 7.42. The van der Waals surface area contributed by atoms with Crippen molar-refractivity contribution in [3.8, 4) is 0 Å². The van der Waals surface area contributed by atoms with Crippen molar-refractivity contribution in [1.29, 1.82) is 0 Å². The predicted octanol–water partition coefficient (Wildman–Crippen LogP) is 1.97. The number of aliphatic carboxylic acids is 1. The van der Waals surface area contributed by atoms with Crippen LogP contribution in [0.5, 0.6) is 0 Å². The first-order chi connectivity index (χ1) is 5.96. The SMILES string of the molecule is CC(=O)O.CC(C)=O.c1ccoc1. The van der Waals surface area contributed by atoms with Crippen LogP contribution >= 0.6 is 0 Å². The Morgan fingerprint density at radius 3 is 1.38 bits per heavy atom. The molecule has 0 bridgehead atoms. The quantitative estimate of drug-likeness (QED) is 0.672. The molecule has 0 aromatic carbocycles. The summed E-state index contributed by atoms with van der Waals surface area (Å²) in [5.41, 5.74) is 0. The maximum atomic E-state index is 9.44. The monoisotopic (exact) mass is 186 g/mol. The summed E-state index contributed by atoms with van der Waals surface area (Å²) in [6.45, 7) is 4.14. The number of carboxylic acid groups (broad SMARTS) is 1. The van der Waals surface area contributed by atoms with Gasteiger partial charge in [-0.1, -0.05) is 0 Å². The highest BCUT2D eigenvalue weighted by molar-refractivity contribution is 5.72. The van der Waals surface area contributed by atoms with E-state index in [2.05, 4.69) is 4.42 Å². The predicted molar refractivity (Wildman–Crippen MR) is 48.4 cm³/mol. The Kier molecular flexibility index (Phi) is 11.2. The number of carbonyl (C=O) groups is 2. The number of ketones is 1. The molecule has 0 atom stereocenters. The van der Waals surface area contributed by atoms with E-state index in [1.165, 1.54) is 13.8 Å². The molecule has 0 unspecified atom stereocenters. The molecule has 1 aromatic rings. The van der Waals surface area contributed by atoms with Crippen LogP contribution in [-0.4, -0.2) is 16.9 Å². The molecule has 4 heteroatoms. The van der Waals surface area contributed by atoms with Crippen molar-refractivity contribution in [2.45, 2.75) is 20.8 Å². The molecule has 1 aromatic heterocycles. The molecule has 13 heavy (non-hydrogen) atoms. The largest absolute Gasteiger partial charge is 0.481 e. The van der Waals surface area contributed by atoms with Crippen LogP contribution in [0.15, 0.2) is 29.1 Å². The Morgan fingerprint density at radius 2 is 1.31 bits per heavy atom. The van der Waals surface area contributed by atoms with E-state index >= 15 is 0 Å². The van der Waals surface area contributed by atoms with Crippen LogP contribution in [0.25, 0.3) is 0 Å². The van der Waals surface area contributed by atoms with Gasteiger partial charge in [-0.3, -0.25) is 4.79 Å². The minimum absolute atomic E-state index is 0.167. The van der Waals surface area contributed by atoms with Crippen LogP contribution in [0.2, 0.25) is 0 Å². The fraction of sp³-hybridized carbons (Fsp3) is 0.333. The second-order valence-electron chi connectivity index (χ2n) is 2.22. The van der Waals surface area contributed by atoms with Gasteiger partial charge in [0.2, 0.25) is 0 Å². The topological polar surface area (TPSA) is 67.5 Å². The maximum absolute atomic E-state index is 9.44. The lowest BCUT2D eigenvalue weighted by atomic mass is 10.6. The van der Waals surface area contributed by atoms with Crippen LogP contribution in [0.4, 0.5) is 0 Å². The highest BCUT2D eigenvalue weighted by Crippen LogP contribution is 1.79. The van der Waals surface area contributed by atoms with Gasteiger partial charge in [-0.05, 0) is 26.0 Å². The van der Waals surface area contributed by atoms with Crippen molar-refractivity contribution >= 4 is 11.8 Å². The Bertz CT molecular complexity index is 176. The lowest BCUT2D eigenvalue weighted by Crippen LogP contribution is -1.78. The first kappa shape index (κ1) is 14.0. The minimum Gasteiger partial charge on any atom is -0.481 e. The van der Waals surface area contributed by atoms with E-state index in [4.69, 9.17) is 9.90 Å². The van der Waals surface area contributed by atoms with Gasteiger partial charge in [0.15, 0.2) is 0 Å². The van der Waals surface area contributed by atoms with Gasteiger partial charge in [0, 0.05) is 6.92 Å². The molecular formula is C9H14O4. The van der Waals surface area contributed by atoms with Crippen molar-refractivity contribution in [3.63, 3.8) is 0 Å². The van der Waals surface area contributed by atoms with Gasteiger partial charge in [-0.25, -0.2) is 0 Å². The molecule has 0 amide bonds. The number of Topliss-reactive ketones (excluding diaryl/α,β-unsaturated/α-hetero) is 1. The molecule has 0 spiro atoms. The molecule has 1 N–H and O–H groups in total. The summed E-state index contributed by atoms with van der Waals surface area (Å²) in [7, 11) is 0. The normalized spacial score (nSPS) is 7.00. The Hall–Kier alpha value is -1.58. The fourth-order valence-corrected chi connectivity index (χ4v) is 0.227. The molecule has 0 aliphatic carbocycles. The first-order valence-corrected chi connectivity index (χ1v) is 3.60. The summed E-state index contributed by atoms with van der Waals surface area (Å²) in [4.78, 5) is 18.4. The summed E-state index contributed by atoms with van der Waals surface area (Å²) < 4.78 is 4.58. The number of rotatable bonds is 0. The molecule has 1 heterocycles. The Balaban J connectivity index is 0.